The number of aromatic nitrogens is 2. The smallest absolute Gasteiger partial charge is 0.341 e. The third-order valence-corrected chi connectivity index (χ3v) is 2.43. The van der Waals surface area contributed by atoms with Crippen molar-refractivity contribution < 1.29 is 14.3 Å². The van der Waals surface area contributed by atoms with E-state index in [0.29, 0.717) is 17.9 Å². The number of hydrogen-bond donors (Lipinski definition) is 0. The molecule has 2 aromatic rings. The zero-order valence-corrected chi connectivity index (χ0v) is 10.1. The van der Waals surface area contributed by atoms with Crippen LogP contribution in [-0.2, 0) is 11.8 Å². The monoisotopic (exact) mass is 234 g/mol. The molecular weight excluding hydrogens is 220 g/mol. The second-order valence-electron chi connectivity index (χ2n) is 3.63. The zero-order chi connectivity index (χ0) is 12.4. The van der Waals surface area contributed by atoms with Gasteiger partial charge in [0.1, 0.15) is 11.3 Å². The SMILES string of the molecule is CCOc1cc2nn(C)cc2cc1C(=O)OC. The number of nitrogens with zero attached hydrogens (tertiary/aromatic N) is 2. The van der Waals surface area contributed by atoms with Crippen molar-refractivity contribution in [3.8, 4) is 5.75 Å². The fraction of sp³-hybridized carbons (Fsp3) is 0.333. The summed E-state index contributed by atoms with van der Waals surface area (Å²) in [6, 6.07) is 3.49. The highest BCUT2D eigenvalue weighted by atomic mass is 16.5. The standard InChI is InChI=1S/C12H14N2O3/c1-4-17-11-6-10-8(7-14(2)13-10)5-9(11)12(15)16-3/h5-7H,4H2,1-3H3. The van der Waals surface area contributed by atoms with Gasteiger partial charge in [0.2, 0.25) is 0 Å². The molecule has 5 heteroatoms. The van der Waals surface area contributed by atoms with Crippen molar-refractivity contribution in [2.75, 3.05) is 13.7 Å². The molecule has 0 fully saturated rings. The van der Waals surface area contributed by atoms with E-state index < -0.39 is 5.97 Å². The van der Waals surface area contributed by atoms with Gasteiger partial charge in [-0.2, -0.15) is 5.10 Å². The molecule has 2 rings (SSSR count). The molecule has 0 amide bonds. The van der Waals surface area contributed by atoms with Crippen molar-refractivity contribution in [1.29, 1.82) is 0 Å². The number of esters is 1. The number of hydrogen-bond acceptors (Lipinski definition) is 4. The Balaban J connectivity index is 2.60. The minimum atomic E-state index is -0.404. The summed E-state index contributed by atoms with van der Waals surface area (Å²) in [5.41, 5.74) is 1.22. The Bertz CT molecular complexity index is 560. The Labute approximate surface area is 98.9 Å². The van der Waals surface area contributed by atoms with Crippen molar-refractivity contribution in [3.05, 3.63) is 23.9 Å². The van der Waals surface area contributed by atoms with Gasteiger partial charge in [-0.15, -0.1) is 0 Å². The van der Waals surface area contributed by atoms with E-state index in [-0.39, 0.29) is 0 Å². The third-order valence-electron chi connectivity index (χ3n) is 2.43. The molecule has 0 radical (unpaired) electrons. The van der Waals surface area contributed by atoms with E-state index in [1.807, 2.05) is 20.2 Å². The van der Waals surface area contributed by atoms with Crippen LogP contribution in [0.3, 0.4) is 0 Å². The average molecular weight is 234 g/mol. The van der Waals surface area contributed by atoms with Gasteiger partial charge in [-0.25, -0.2) is 4.79 Å². The molecule has 1 aromatic heterocycles. The number of benzene rings is 1. The number of methoxy groups -OCH3 is 1. The number of fused-ring (bicyclic) bond motifs is 1. The molecule has 1 heterocycles. The molecule has 0 unspecified atom stereocenters. The molecule has 1 aromatic carbocycles. The van der Waals surface area contributed by atoms with Gasteiger partial charge in [0.15, 0.2) is 0 Å². The second kappa shape index (κ2) is 4.45. The molecule has 0 N–H and O–H groups in total. The van der Waals surface area contributed by atoms with E-state index in [9.17, 15) is 4.79 Å². The van der Waals surface area contributed by atoms with Crippen LogP contribution >= 0.6 is 0 Å². The van der Waals surface area contributed by atoms with Crippen LogP contribution in [0.5, 0.6) is 5.75 Å². The second-order valence-corrected chi connectivity index (χ2v) is 3.63. The quantitative estimate of drug-likeness (QED) is 0.759. The first kappa shape index (κ1) is 11.4. The van der Waals surface area contributed by atoms with E-state index in [4.69, 9.17) is 9.47 Å². The third kappa shape index (κ3) is 2.08. The van der Waals surface area contributed by atoms with Gasteiger partial charge in [0.25, 0.3) is 0 Å². The minimum absolute atomic E-state index is 0.404. The first-order chi connectivity index (χ1) is 8.15. The lowest BCUT2D eigenvalue weighted by molar-refractivity contribution is 0.0596. The van der Waals surface area contributed by atoms with Gasteiger partial charge in [-0.05, 0) is 13.0 Å². The van der Waals surface area contributed by atoms with Gasteiger partial charge < -0.3 is 9.47 Å². The zero-order valence-electron chi connectivity index (χ0n) is 10.1. The number of carbonyl (C=O) groups is 1. The predicted molar refractivity (Wildman–Crippen MR) is 63.2 cm³/mol. The van der Waals surface area contributed by atoms with Crippen LogP contribution in [0.4, 0.5) is 0 Å². The Kier molecular flexibility index (Phi) is 2.99. The molecule has 0 aliphatic heterocycles. The fourth-order valence-electron chi connectivity index (χ4n) is 1.72. The lowest BCUT2D eigenvalue weighted by Crippen LogP contribution is -2.05. The first-order valence-corrected chi connectivity index (χ1v) is 5.34. The number of ether oxygens (including phenoxy) is 2. The summed E-state index contributed by atoms with van der Waals surface area (Å²) < 4.78 is 11.9. The van der Waals surface area contributed by atoms with Crippen molar-refractivity contribution in [1.82, 2.24) is 9.78 Å². The van der Waals surface area contributed by atoms with Crippen molar-refractivity contribution in [3.63, 3.8) is 0 Å². The Morgan fingerprint density at radius 2 is 2.24 bits per heavy atom. The van der Waals surface area contributed by atoms with Crippen molar-refractivity contribution >= 4 is 16.9 Å². The summed E-state index contributed by atoms with van der Waals surface area (Å²) in [7, 11) is 3.18. The molecule has 0 atom stereocenters. The maximum Gasteiger partial charge on any atom is 0.341 e. The molecule has 90 valence electrons. The highest BCUT2D eigenvalue weighted by Gasteiger charge is 2.15. The fourth-order valence-corrected chi connectivity index (χ4v) is 1.72. The van der Waals surface area contributed by atoms with Crippen LogP contribution in [0.1, 0.15) is 17.3 Å². The topological polar surface area (TPSA) is 53.4 Å². The van der Waals surface area contributed by atoms with Gasteiger partial charge in [0, 0.05) is 24.7 Å². The lowest BCUT2D eigenvalue weighted by Gasteiger charge is -2.08. The summed E-state index contributed by atoms with van der Waals surface area (Å²) in [6.07, 6.45) is 1.84. The molecule has 0 aliphatic rings. The molecule has 0 aliphatic carbocycles. The van der Waals surface area contributed by atoms with Crippen molar-refractivity contribution in [2.24, 2.45) is 7.05 Å². The average Bonchev–Trinajstić information content (AvgIpc) is 2.66. The van der Waals surface area contributed by atoms with Crippen LogP contribution in [0.2, 0.25) is 0 Å². The van der Waals surface area contributed by atoms with Crippen LogP contribution in [0.25, 0.3) is 10.9 Å². The van der Waals surface area contributed by atoms with E-state index >= 15 is 0 Å². The largest absolute Gasteiger partial charge is 0.493 e. The van der Waals surface area contributed by atoms with Gasteiger partial charge in [-0.3, -0.25) is 4.68 Å². The highest BCUT2D eigenvalue weighted by molar-refractivity contribution is 5.97. The molecule has 0 saturated heterocycles. The predicted octanol–water partition coefficient (Wildman–Crippen LogP) is 1.76. The molecule has 0 saturated carbocycles. The summed E-state index contributed by atoms with van der Waals surface area (Å²) in [5, 5.41) is 5.15. The summed E-state index contributed by atoms with van der Waals surface area (Å²) >= 11 is 0. The normalized spacial score (nSPS) is 10.5. The van der Waals surface area contributed by atoms with Gasteiger partial charge >= 0.3 is 5.97 Å². The maximum atomic E-state index is 11.6. The van der Waals surface area contributed by atoms with Crippen LogP contribution in [-0.4, -0.2) is 29.5 Å². The number of rotatable bonds is 3. The Morgan fingerprint density at radius 1 is 1.47 bits per heavy atom. The molecule has 0 bridgehead atoms. The minimum Gasteiger partial charge on any atom is -0.493 e. The summed E-state index contributed by atoms with van der Waals surface area (Å²) in [5.74, 6) is 0.102. The molecular formula is C12H14N2O3. The van der Waals surface area contributed by atoms with E-state index in [2.05, 4.69) is 5.10 Å². The number of aryl methyl sites for hydroxylation is 1. The van der Waals surface area contributed by atoms with Gasteiger partial charge in [0.05, 0.1) is 19.2 Å². The molecule has 17 heavy (non-hydrogen) atoms. The Morgan fingerprint density at radius 3 is 2.88 bits per heavy atom. The lowest BCUT2D eigenvalue weighted by atomic mass is 10.1. The molecule has 5 nitrogen and oxygen atoms in total. The summed E-state index contributed by atoms with van der Waals surface area (Å²) in [6.45, 7) is 2.35. The Hall–Kier alpha value is -2.04. The van der Waals surface area contributed by atoms with Crippen LogP contribution < -0.4 is 4.74 Å². The highest BCUT2D eigenvalue weighted by Crippen LogP contribution is 2.25. The summed E-state index contributed by atoms with van der Waals surface area (Å²) in [4.78, 5) is 11.6. The first-order valence-electron chi connectivity index (χ1n) is 5.34. The van der Waals surface area contributed by atoms with Crippen LogP contribution in [0, 0.1) is 0 Å². The van der Waals surface area contributed by atoms with E-state index in [0.717, 1.165) is 10.9 Å². The maximum absolute atomic E-state index is 11.6. The van der Waals surface area contributed by atoms with E-state index in [1.54, 1.807) is 16.8 Å². The molecule has 0 spiro atoms. The van der Waals surface area contributed by atoms with Gasteiger partial charge in [-0.1, -0.05) is 0 Å². The number of carbonyl (C=O) groups excluding carboxylic acids is 1. The van der Waals surface area contributed by atoms with Crippen LogP contribution in [0.15, 0.2) is 18.3 Å². The van der Waals surface area contributed by atoms with Crippen molar-refractivity contribution in [2.45, 2.75) is 6.92 Å². The van der Waals surface area contributed by atoms with E-state index in [1.165, 1.54) is 7.11 Å².